The van der Waals surface area contributed by atoms with Crippen molar-refractivity contribution in [1.29, 1.82) is 0 Å². The summed E-state index contributed by atoms with van der Waals surface area (Å²) < 4.78 is 2.01. The second kappa shape index (κ2) is 9.37. The van der Waals surface area contributed by atoms with Gasteiger partial charge in [-0.3, -0.25) is 19.3 Å². The first-order valence-corrected chi connectivity index (χ1v) is 12.4. The quantitative estimate of drug-likeness (QED) is 0.278. The van der Waals surface area contributed by atoms with Crippen molar-refractivity contribution in [2.75, 3.05) is 13.1 Å². The minimum atomic E-state index is 0.00608. The maximum Gasteiger partial charge on any atom is 0.253 e. The van der Waals surface area contributed by atoms with Crippen molar-refractivity contribution in [3.63, 3.8) is 0 Å². The van der Waals surface area contributed by atoms with E-state index in [2.05, 4.69) is 16.0 Å². The number of carbonyl (C=O) groups is 1. The van der Waals surface area contributed by atoms with E-state index in [-0.39, 0.29) is 5.91 Å². The van der Waals surface area contributed by atoms with Gasteiger partial charge in [-0.05, 0) is 66.6 Å². The Morgan fingerprint density at radius 2 is 1.69 bits per heavy atom. The van der Waals surface area contributed by atoms with Crippen LogP contribution in [0.15, 0.2) is 85.5 Å². The number of hydrogen-bond donors (Lipinski definition) is 0. The number of aromatic nitrogens is 4. The summed E-state index contributed by atoms with van der Waals surface area (Å²) in [5.41, 5.74) is 4.98. The van der Waals surface area contributed by atoms with Crippen molar-refractivity contribution in [1.82, 2.24) is 24.4 Å². The third kappa shape index (κ3) is 4.23. The van der Waals surface area contributed by atoms with Crippen LogP contribution >= 0.6 is 23.2 Å². The topological polar surface area (TPSA) is 63.9 Å². The fourth-order valence-corrected chi connectivity index (χ4v) is 5.38. The summed E-state index contributed by atoms with van der Waals surface area (Å²) in [6.07, 6.45) is 8.09. The fourth-order valence-electron chi connectivity index (χ4n) is 4.85. The molecule has 8 heteroatoms. The van der Waals surface area contributed by atoms with Gasteiger partial charge < -0.3 is 4.90 Å². The number of halogens is 2. The molecular formula is C28H21Cl2N5O. The maximum absolute atomic E-state index is 13.4. The zero-order valence-corrected chi connectivity index (χ0v) is 20.7. The Kier molecular flexibility index (Phi) is 5.91. The fraction of sp³-hybridized carbons (Fsp3) is 0.143. The van der Waals surface area contributed by atoms with Crippen molar-refractivity contribution >= 4 is 40.1 Å². The minimum absolute atomic E-state index is 0.00608. The average molecular weight is 514 g/mol. The number of fused-ring (bicyclic) bond motifs is 1. The van der Waals surface area contributed by atoms with E-state index in [4.69, 9.17) is 28.2 Å². The molecule has 3 aromatic heterocycles. The Morgan fingerprint density at radius 3 is 2.42 bits per heavy atom. The second-order valence-corrected chi connectivity index (χ2v) is 9.74. The van der Waals surface area contributed by atoms with Gasteiger partial charge in [0.15, 0.2) is 0 Å². The van der Waals surface area contributed by atoms with E-state index in [0.29, 0.717) is 46.0 Å². The van der Waals surface area contributed by atoms with Gasteiger partial charge in [-0.15, -0.1) is 0 Å². The lowest BCUT2D eigenvalue weighted by Gasteiger charge is -2.17. The Balaban J connectivity index is 1.39. The van der Waals surface area contributed by atoms with Gasteiger partial charge in [0, 0.05) is 58.8 Å². The smallest absolute Gasteiger partial charge is 0.253 e. The van der Waals surface area contributed by atoms with Gasteiger partial charge in [-0.1, -0.05) is 29.3 Å². The van der Waals surface area contributed by atoms with Crippen molar-refractivity contribution in [3.05, 3.63) is 107 Å². The molecule has 0 N–H and O–H groups in total. The summed E-state index contributed by atoms with van der Waals surface area (Å²) in [6, 6.07) is 18.9. The Labute approximate surface area is 218 Å². The van der Waals surface area contributed by atoms with Gasteiger partial charge in [-0.25, -0.2) is 4.98 Å². The molecule has 1 aliphatic rings. The van der Waals surface area contributed by atoms with E-state index in [9.17, 15) is 4.79 Å². The molecule has 0 saturated carbocycles. The molecule has 36 heavy (non-hydrogen) atoms. The number of amides is 1. The lowest BCUT2D eigenvalue weighted by Crippen LogP contribution is -2.28. The molecule has 6 rings (SSSR count). The van der Waals surface area contributed by atoms with Crippen LogP contribution in [0.1, 0.15) is 28.3 Å². The number of likely N-dealkylation sites (tertiary alicyclic amines) is 1. The number of benzene rings is 2. The van der Waals surface area contributed by atoms with Crippen molar-refractivity contribution < 1.29 is 4.79 Å². The molecule has 0 spiro atoms. The summed E-state index contributed by atoms with van der Waals surface area (Å²) in [4.78, 5) is 28.8. The predicted octanol–water partition coefficient (Wildman–Crippen LogP) is 6.42. The minimum Gasteiger partial charge on any atom is -0.338 e. The van der Waals surface area contributed by atoms with E-state index in [1.165, 1.54) is 5.56 Å². The van der Waals surface area contributed by atoms with Crippen molar-refractivity contribution in [3.8, 4) is 17.1 Å². The van der Waals surface area contributed by atoms with Crippen LogP contribution in [0.25, 0.3) is 28.1 Å². The lowest BCUT2D eigenvalue weighted by atomic mass is 10.0. The molecular weight excluding hydrogens is 493 g/mol. The Morgan fingerprint density at radius 1 is 0.917 bits per heavy atom. The first-order valence-electron chi connectivity index (χ1n) is 11.7. The van der Waals surface area contributed by atoms with E-state index in [1.54, 1.807) is 24.7 Å². The van der Waals surface area contributed by atoms with Gasteiger partial charge in [-0.2, -0.15) is 0 Å². The largest absolute Gasteiger partial charge is 0.338 e. The van der Waals surface area contributed by atoms with Crippen LogP contribution in [-0.4, -0.2) is 43.4 Å². The van der Waals surface area contributed by atoms with Gasteiger partial charge in [0.25, 0.3) is 5.91 Å². The third-order valence-electron chi connectivity index (χ3n) is 6.56. The molecule has 5 aromatic rings. The van der Waals surface area contributed by atoms with Crippen LogP contribution in [0.4, 0.5) is 0 Å². The number of hydrogen-bond acceptors (Lipinski definition) is 4. The van der Waals surface area contributed by atoms with Gasteiger partial charge in [0.05, 0.1) is 22.9 Å². The summed E-state index contributed by atoms with van der Waals surface area (Å²) in [7, 11) is 0. The first kappa shape index (κ1) is 22.7. The maximum atomic E-state index is 13.4. The molecule has 2 aromatic carbocycles. The molecule has 178 valence electrons. The SMILES string of the molecule is O=C(c1ccc2c(c1)nc(-c1cc(Cl)cc(Cl)c1)n2-c1cccnc1)N1CCC(c2cccnc2)C1. The highest BCUT2D eigenvalue weighted by atomic mass is 35.5. The number of rotatable bonds is 4. The number of pyridine rings is 2. The van der Waals surface area contributed by atoms with E-state index in [1.807, 2.05) is 64.2 Å². The van der Waals surface area contributed by atoms with Crippen LogP contribution in [0.3, 0.4) is 0 Å². The van der Waals surface area contributed by atoms with Gasteiger partial charge in [0.2, 0.25) is 0 Å². The first-order chi connectivity index (χ1) is 17.6. The summed E-state index contributed by atoms with van der Waals surface area (Å²) in [5, 5.41) is 1.05. The van der Waals surface area contributed by atoms with Crippen LogP contribution in [0.5, 0.6) is 0 Å². The normalized spacial score (nSPS) is 15.5. The zero-order valence-electron chi connectivity index (χ0n) is 19.2. The molecule has 0 aliphatic carbocycles. The van der Waals surface area contributed by atoms with E-state index in [0.717, 1.165) is 23.2 Å². The van der Waals surface area contributed by atoms with Crippen LogP contribution < -0.4 is 0 Å². The van der Waals surface area contributed by atoms with E-state index >= 15 is 0 Å². The third-order valence-corrected chi connectivity index (χ3v) is 6.99. The van der Waals surface area contributed by atoms with Crippen molar-refractivity contribution in [2.24, 2.45) is 0 Å². The molecule has 1 unspecified atom stereocenters. The van der Waals surface area contributed by atoms with Crippen molar-refractivity contribution in [2.45, 2.75) is 12.3 Å². The van der Waals surface area contributed by atoms with Gasteiger partial charge >= 0.3 is 0 Å². The van der Waals surface area contributed by atoms with Gasteiger partial charge in [0.1, 0.15) is 5.82 Å². The molecule has 1 saturated heterocycles. The monoisotopic (exact) mass is 513 g/mol. The Bertz CT molecular complexity index is 1550. The summed E-state index contributed by atoms with van der Waals surface area (Å²) >= 11 is 12.6. The molecule has 0 radical (unpaired) electrons. The van der Waals surface area contributed by atoms with Crippen LogP contribution in [-0.2, 0) is 0 Å². The number of imidazole rings is 1. The van der Waals surface area contributed by atoms with Crippen LogP contribution in [0.2, 0.25) is 10.0 Å². The molecule has 1 aliphatic heterocycles. The molecule has 0 bridgehead atoms. The average Bonchev–Trinajstić information content (AvgIpc) is 3.54. The molecule has 6 nitrogen and oxygen atoms in total. The Hall–Kier alpha value is -3.74. The predicted molar refractivity (Wildman–Crippen MR) is 142 cm³/mol. The lowest BCUT2D eigenvalue weighted by molar-refractivity contribution is 0.0791. The number of nitrogens with zero attached hydrogens (tertiary/aromatic N) is 5. The molecule has 1 amide bonds. The highest BCUT2D eigenvalue weighted by molar-refractivity contribution is 6.35. The summed E-state index contributed by atoms with van der Waals surface area (Å²) in [5.74, 6) is 0.978. The molecule has 1 atom stereocenters. The standard InChI is InChI=1S/C28H21Cl2N5O/c29-22-11-21(12-23(30)14-22)27-33-25-13-18(5-6-26(25)35(27)24-4-2-9-32-16-24)28(36)34-10-7-20(17-34)19-3-1-8-31-15-19/h1-6,8-9,11-16,20H,7,10,17H2. The molecule has 4 heterocycles. The van der Waals surface area contributed by atoms with E-state index < -0.39 is 0 Å². The molecule has 1 fully saturated rings. The second-order valence-electron chi connectivity index (χ2n) is 8.87. The number of carbonyl (C=O) groups excluding carboxylic acids is 1. The highest BCUT2D eigenvalue weighted by Crippen LogP contribution is 2.33. The zero-order chi connectivity index (χ0) is 24.6. The summed E-state index contributed by atoms with van der Waals surface area (Å²) in [6.45, 7) is 1.39. The van der Waals surface area contributed by atoms with Crippen LogP contribution in [0, 0.1) is 0 Å². The highest BCUT2D eigenvalue weighted by Gasteiger charge is 2.28.